The summed E-state index contributed by atoms with van der Waals surface area (Å²) in [5, 5.41) is 4.99. The lowest BCUT2D eigenvalue weighted by atomic mass is 10.1. The van der Waals surface area contributed by atoms with Crippen molar-refractivity contribution in [2.45, 2.75) is 42.6 Å². The van der Waals surface area contributed by atoms with Gasteiger partial charge in [0, 0.05) is 17.2 Å². The molecule has 5 nitrogen and oxygen atoms in total. The standard InChI is InChI=1S/C15H18F2N2O3S/c1-9(12-6-3-7-22-12)18-13(20)14(21)19-10-4-2-5-11(8-10)23-15(16)17/h2,4-5,8-9,12,15H,3,6-7H2,1H3,(H,18,20)(H,19,21)/t9-,12+/m1/s1. The molecule has 1 aromatic rings. The van der Waals surface area contributed by atoms with Crippen molar-refractivity contribution in [1.82, 2.24) is 5.32 Å². The zero-order chi connectivity index (χ0) is 16.8. The number of carbonyl (C=O) groups excluding carboxylic acids is 2. The Labute approximate surface area is 137 Å². The Hall–Kier alpha value is -1.67. The molecule has 0 saturated carbocycles. The van der Waals surface area contributed by atoms with Gasteiger partial charge in [-0.05, 0) is 38.0 Å². The maximum atomic E-state index is 12.3. The van der Waals surface area contributed by atoms with E-state index in [-0.39, 0.29) is 12.1 Å². The number of anilines is 1. The molecule has 1 aliphatic heterocycles. The first-order valence-corrected chi connectivity index (χ1v) is 8.12. The van der Waals surface area contributed by atoms with Crippen molar-refractivity contribution >= 4 is 29.3 Å². The van der Waals surface area contributed by atoms with Crippen LogP contribution in [0, 0.1) is 0 Å². The summed E-state index contributed by atoms with van der Waals surface area (Å²) in [6.07, 6.45) is 1.69. The first kappa shape index (κ1) is 17.7. The average molecular weight is 344 g/mol. The van der Waals surface area contributed by atoms with Crippen LogP contribution in [0.2, 0.25) is 0 Å². The van der Waals surface area contributed by atoms with Crippen LogP contribution in [0.1, 0.15) is 19.8 Å². The Morgan fingerprint density at radius 1 is 1.35 bits per heavy atom. The highest BCUT2D eigenvalue weighted by molar-refractivity contribution is 7.99. The van der Waals surface area contributed by atoms with Crippen LogP contribution in [0.25, 0.3) is 0 Å². The van der Waals surface area contributed by atoms with Gasteiger partial charge >= 0.3 is 11.8 Å². The van der Waals surface area contributed by atoms with Gasteiger partial charge in [0.05, 0.1) is 12.1 Å². The lowest BCUT2D eigenvalue weighted by molar-refractivity contribution is -0.137. The van der Waals surface area contributed by atoms with E-state index in [2.05, 4.69) is 10.6 Å². The molecular weight excluding hydrogens is 326 g/mol. The molecule has 23 heavy (non-hydrogen) atoms. The van der Waals surface area contributed by atoms with Crippen molar-refractivity contribution in [3.8, 4) is 0 Å². The number of amides is 2. The normalized spacial score (nSPS) is 18.7. The van der Waals surface area contributed by atoms with Crippen molar-refractivity contribution in [1.29, 1.82) is 0 Å². The largest absolute Gasteiger partial charge is 0.376 e. The third kappa shape index (κ3) is 5.47. The fourth-order valence-electron chi connectivity index (χ4n) is 2.30. The van der Waals surface area contributed by atoms with Crippen molar-refractivity contribution in [3.63, 3.8) is 0 Å². The van der Waals surface area contributed by atoms with Crippen molar-refractivity contribution in [2.75, 3.05) is 11.9 Å². The first-order chi connectivity index (χ1) is 11.0. The summed E-state index contributed by atoms with van der Waals surface area (Å²) in [7, 11) is 0. The average Bonchev–Trinajstić information content (AvgIpc) is 3.01. The van der Waals surface area contributed by atoms with Crippen LogP contribution in [0.15, 0.2) is 29.2 Å². The summed E-state index contributed by atoms with van der Waals surface area (Å²) in [5.74, 6) is -4.16. The molecule has 0 bridgehead atoms. The molecule has 2 N–H and O–H groups in total. The number of nitrogens with one attached hydrogen (secondary N) is 2. The number of hydrogen-bond acceptors (Lipinski definition) is 4. The molecular formula is C15H18F2N2O3S. The second kappa shape index (κ2) is 8.26. The Morgan fingerprint density at radius 3 is 2.78 bits per heavy atom. The molecule has 0 radical (unpaired) electrons. The maximum Gasteiger partial charge on any atom is 0.313 e. The van der Waals surface area contributed by atoms with Crippen LogP contribution in [0.3, 0.4) is 0 Å². The fraction of sp³-hybridized carbons (Fsp3) is 0.467. The molecule has 0 unspecified atom stereocenters. The van der Waals surface area contributed by atoms with E-state index in [0.717, 1.165) is 12.8 Å². The SMILES string of the molecule is C[C@@H](NC(=O)C(=O)Nc1cccc(SC(F)F)c1)[C@@H]1CCCO1. The van der Waals surface area contributed by atoms with Crippen LogP contribution >= 0.6 is 11.8 Å². The zero-order valence-corrected chi connectivity index (χ0v) is 13.4. The van der Waals surface area contributed by atoms with Gasteiger partial charge < -0.3 is 15.4 Å². The molecule has 126 valence electrons. The molecule has 0 aliphatic carbocycles. The van der Waals surface area contributed by atoms with Crippen LogP contribution in [-0.2, 0) is 14.3 Å². The molecule has 0 spiro atoms. The number of halogens is 2. The van der Waals surface area contributed by atoms with Crippen molar-refractivity contribution < 1.29 is 23.1 Å². The molecule has 8 heteroatoms. The summed E-state index contributed by atoms with van der Waals surface area (Å²) in [5.41, 5.74) is 0.292. The van der Waals surface area contributed by atoms with E-state index in [1.807, 2.05) is 0 Å². The minimum Gasteiger partial charge on any atom is -0.376 e. The number of ether oxygens (including phenoxy) is 1. The summed E-state index contributed by atoms with van der Waals surface area (Å²) >= 11 is 0.374. The zero-order valence-electron chi connectivity index (χ0n) is 12.6. The minimum atomic E-state index is -2.54. The van der Waals surface area contributed by atoms with Gasteiger partial charge in [0.25, 0.3) is 5.76 Å². The van der Waals surface area contributed by atoms with E-state index >= 15 is 0 Å². The number of carbonyl (C=O) groups is 2. The predicted molar refractivity (Wildman–Crippen MR) is 83.5 cm³/mol. The van der Waals surface area contributed by atoms with Crippen LogP contribution < -0.4 is 10.6 Å². The smallest absolute Gasteiger partial charge is 0.313 e. The number of rotatable bonds is 5. The third-order valence-corrected chi connectivity index (χ3v) is 4.11. The monoisotopic (exact) mass is 344 g/mol. The molecule has 2 amide bonds. The van der Waals surface area contributed by atoms with E-state index in [1.165, 1.54) is 24.3 Å². The summed E-state index contributed by atoms with van der Waals surface area (Å²) in [4.78, 5) is 24.1. The van der Waals surface area contributed by atoms with Gasteiger partial charge in [-0.3, -0.25) is 9.59 Å². The fourth-order valence-corrected chi connectivity index (χ4v) is 2.86. The van der Waals surface area contributed by atoms with Gasteiger partial charge in [0.2, 0.25) is 0 Å². The summed E-state index contributed by atoms with van der Waals surface area (Å²) in [6.45, 7) is 2.44. The van der Waals surface area contributed by atoms with Crippen molar-refractivity contribution in [3.05, 3.63) is 24.3 Å². The predicted octanol–water partition coefficient (Wildman–Crippen LogP) is 2.62. The Bertz CT molecular complexity index is 565. The molecule has 2 rings (SSSR count). The van der Waals surface area contributed by atoms with Gasteiger partial charge in [-0.15, -0.1) is 0 Å². The van der Waals surface area contributed by atoms with Gasteiger partial charge in [-0.25, -0.2) is 0 Å². The highest BCUT2D eigenvalue weighted by atomic mass is 32.2. The topological polar surface area (TPSA) is 67.4 Å². The van der Waals surface area contributed by atoms with Gasteiger partial charge in [-0.1, -0.05) is 17.8 Å². The van der Waals surface area contributed by atoms with Crippen LogP contribution in [0.5, 0.6) is 0 Å². The van der Waals surface area contributed by atoms with E-state index in [4.69, 9.17) is 4.74 Å². The molecule has 1 heterocycles. The molecule has 2 atom stereocenters. The Kier molecular flexibility index (Phi) is 6.35. The molecule has 0 aromatic heterocycles. The highest BCUT2D eigenvalue weighted by Gasteiger charge is 2.25. The third-order valence-electron chi connectivity index (χ3n) is 3.40. The van der Waals surface area contributed by atoms with Gasteiger partial charge in [-0.2, -0.15) is 8.78 Å². The molecule has 1 aliphatic rings. The van der Waals surface area contributed by atoms with Crippen molar-refractivity contribution in [2.24, 2.45) is 0 Å². The molecule has 1 saturated heterocycles. The van der Waals surface area contributed by atoms with Crippen LogP contribution in [0.4, 0.5) is 14.5 Å². The van der Waals surface area contributed by atoms with Gasteiger partial charge in [0.1, 0.15) is 0 Å². The van der Waals surface area contributed by atoms with E-state index < -0.39 is 17.6 Å². The van der Waals surface area contributed by atoms with E-state index in [9.17, 15) is 18.4 Å². The number of thioether (sulfide) groups is 1. The quantitative estimate of drug-likeness (QED) is 0.636. The Morgan fingerprint density at radius 2 is 2.13 bits per heavy atom. The lowest BCUT2D eigenvalue weighted by Gasteiger charge is -2.19. The summed E-state index contributed by atoms with van der Waals surface area (Å²) < 4.78 is 30.1. The number of hydrogen-bond donors (Lipinski definition) is 2. The number of alkyl halides is 2. The first-order valence-electron chi connectivity index (χ1n) is 7.24. The van der Waals surface area contributed by atoms with Gasteiger partial charge in [0.15, 0.2) is 0 Å². The number of benzene rings is 1. The van der Waals surface area contributed by atoms with E-state index in [1.54, 1.807) is 6.92 Å². The highest BCUT2D eigenvalue weighted by Crippen LogP contribution is 2.27. The maximum absolute atomic E-state index is 12.3. The molecule has 1 aromatic carbocycles. The Balaban J connectivity index is 1.89. The van der Waals surface area contributed by atoms with Crippen LogP contribution in [-0.4, -0.2) is 36.3 Å². The van der Waals surface area contributed by atoms with E-state index in [0.29, 0.717) is 29.0 Å². The second-order valence-electron chi connectivity index (χ2n) is 5.17. The summed E-state index contributed by atoms with van der Waals surface area (Å²) in [6, 6.07) is 5.70. The molecule has 1 fully saturated rings. The lowest BCUT2D eigenvalue weighted by Crippen LogP contribution is -2.45. The second-order valence-corrected chi connectivity index (χ2v) is 6.24. The minimum absolute atomic E-state index is 0.0856.